The topological polar surface area (TPSA) is 49.4 Å². The van der Waals surface area contributed by atoms with Gasteiger partial charge in [-0.25, -0.2) is 0 Å². The predicted molar refractivity (Wildman–Crippen MR) is 92.2 cm³/mol. The number of amides is 2. The molecule has 5 heteroatoms. The summed E-state index contributed by atoms with van der Waals surface area (Å²) in [6, 6.07) is 7.87. The summed E-state index contributed by atoms with van der Waals surface area (Å²) in [7, 11) is 0. The standard InChI is InChI=1S/C17H24N2O2S/c1-2-14-6-8-15(9-7-14)18-16(20)12-22-13-17(21)19-10-4-3-5-11-19/h6-9H,2-5,10-13H2,1H3,(H,18,20). The Hall–Kier alpha value is -1.49. The van der Waals surface area contributed by atoms with Gasteiger partial charge < -0.3 is 10.2 Å². The van der Waals surface area contributed by atoms with Crippen LogP contribution in [0.1, 0.15) is 31.7 Å². The van der Waals surface area contributed by atoms with E-state index >= 15 is 0 Å². The van der Waals surface area contributed by atoms with Crippen molar-refractivity contribution in [1.29, 1.82) is 0 Å². The number of thioether (sulfide) groups is 1. The molecule has 120 valence electrons. The number of rotatable bonds is 6. The van der Waals surface area contributed by atoms with Crippen molar-refractivity contribution in [2.24, 2.45) is 0 Å². The Morgan fingerprint density at radius 1 is 1.09 bits per heavy atom. The van der Waals surface area contributed by atoms with Crippen molar-refractivity contribution in [3.8, 4) is 0 Å². The van der Waals surface area contributed by atoms with Crippen molar-refractivity contribution < 1.29 is 9.59 Å². The molecule has 4 nitrogen and oxygen atoms in total. The SMILES string of the molecule is CCc1ccc(NC(=O)CSCC(=O)N2CCCCC2)cc1. The van der Waals surface area contributed by atoms with Crippen LogP contribution in [-0.2, 0) is 16.0 Å². The molecule has 0 aliphatic carbocycles. The molecule has 1 aliphatic rings. The van der Waals surface area contributed by atoms with E-state index in [0.29, 0.717) is 11.5 Å². The molecule has 0 atom stereocenters. The molecular formula is C17H24N2O2S. The monoisotopic (exact) mass is 320 g/mol. The van der Waals surface area contributed by atoms with Crippen molar-refractivity contribution >= 4 is 29.3 Å². The second-order valence-corrected chi connectivity index (χ2v) is 6.52. The number of nitrogens with one attached hydrogen (secondary N) is 1. The summed E-state index contributed by atoms with van der Waals surface area (Å²) in [6.45, 7) is 3.84. The lowest BCUT2D eigenvalue weighted by Crippen LogP contribution is -2.37. The number of carbonyl (C=O) groups is 2. The van der Waals surface area contributed by atoms with Crippen LogP contribution in [-0.4, -0.2) is 41.3 Å². The molecule has 0 bridgehead atoms. The van der Waals surface area contributed by atoms with Crippen LogP contribution in [0.5, 0.6) is 0 Å². The highest BCUT2D eigenvalue weighted by atomic mass is 32.2. The first-order valence-corrected chi connectivity index (χ1v) is 9.09. The number of piperidine rings is 1. The summed E-state index contributed by atoms with van der Waals surface area (Å²) in [5.74, 6) is 0.808. The zero-order valence-electron chi connectivity index (χ0n) is 13.1. The Kier molecular flexibility index (Phi) is 6.77. The maximum atomic E-state index is 12.0. The number of hydrogen-bond donors (Lipinski definition) is 1. The molecule has 1 fully saturated rings. The molecule has 0 aromatic heterocycles. The number of anilines is 1. The third-order valence-electron chi connectivity index (χ3n) is 3.81. The summed E-state index contributed by atoms with van der Waals surface area (Å²) < 4.78 is 0. The van der Waals surface area contributed by atoms with Gasteiger partial charge in [-0.2, -0.15) is 0 Å². The zero-order chi connectivity index (χ0) is 15.8. The van der Waals surface area contributed by atoms with Crippen molar-refractivity contribution in [1.82, 2.24) is 4.90 Å². The normalized spacial score (nSPS) is 14.7. The van der Waals surface area contributed by atoms with Crippen molar-refractivity contribution in [3.63, 3.8) is 0 Å². The molecule has 1 saturated heterocycles. The summed E-state index contributed by atoms with van der Waals surface area (Å²) in [4.78, 5) is 25.8. The molecule has 2 rings (SSSR count). The van der Waals surface area contributed by atoms with Crippen LogP contribution < -0.4 is 5.32 Å². The van der Waals surface area contributed by atoms with E-state index in [1.807, 2.05) is 29.2 Å². The van der Waals surface area contributed by atoms with Crippen molar-refractivity contribution in [2.45, 2.75) is 32.6 Å². The molecule has 0 radical (unpaired) electrons. The van der Waals surface area contributed by atoms with E-state index in [-0.39, 0.29) is 11.8 Å². The minimum atomic E-state index is -0.0549. The maximum absolute atomic E-state index is 12.0. The fraction of sp³-hybridized carbons (Fsp3) is 0.529. The second-order valence-electron chi connectivity index (χ2n) is 5.53. The molecule has 2 amide bonds. The Bertz CT molecular complexity index is 496. The molecule has 1 heterocycles. The average molecular weight is 320 g/mol. The summed E-state index contributed by atoms with van der Waals surface area (Å²) in [5.41, 5.74) is 2.06. The van der Waals surface area contributed by atoms with Crippen LogP contribution in [0, 0.1) is 0 Å². The molecular weight excluding hydrogens is 296 g/mol. The second kappa shape index (κ2) is 8.83. The minimum absolute atomic E-state index is 0.0549. The molecule has 0 saturated carbocycles. The van der Waals surface area contributed by atoms with Gasteiger partial charge in [-0.05, 0) is 43.4 Å². The highest BCUT2D eigenvalue weighted by molar-refractivity contribution is 8.00. The Balaban J connectivity index is 1.67. The van der Waals surface area contributed by atoms with Gasteiger partial charge in [0.1, 0.15) is 0 Å². The first kappa shape index (κ1) is 16.9. The third kappa shape index (κ3) is 5.37. The lowest BCUT2D eigenvalue weighted by atomic mass is 10.1. The molecule has 1 N–H and O–H groups in total. The number of hydrogen-bond acceptors (Lipinski definition) is 3. The van der Waals surface area contributed by atoms with E-state index in [4.69, 9.17) is 0 Å². The van der Waals surface area contributed by atoms with Gasteiger partial charge in [-0.15, -0.1) is 11.8 Å². The molecule has 0 unspecified atom stereocenters. The van der Waals surface area contributed by atoms with Gasteiger partial charge in [0.15, 0.2) is 0 Å². The summed E-state index contributed by atoms with van der Waals surface area (Å²) in [6.07, 6.45) is 4.41. The van der Waals surface area contributed by atoms with Gasteiger partial charge in [0.2, 0.25) is 11.8 Å². The minimum Gasteiger partial charge on any atom is -0.342 e. The quantitative estimate of drug-likeness (QED) is 0.877. The fourth-order valence-electron chi connectivity index (χ4n) is 2.49. The van der Waals surface area contributed by atoms with Gasteiger partial charge in [0.25, 0.3) is 0 Å². The van der Waals surface area contributed by atoms with Crippen LogP contribution in [0.15, 0.2) is 24.3 Å². The van der Waals surface area contributed by atoms with Crippen molar-refractivity contribution in [3.05, 3.63) is 29.8 Å². The van der Waals surface area contributed by atoms with E-state index in [2.05, 4.69) is 12.2 Å². The Morgan fingerprint density at radius 2 is 1.77 bits per heavy atom. The average Bonchev–Trinajstić information content (AvgIpc) is 2.56. The largest absolute Gasteiger partial charge is 0.342 e. The predicted octanol–water partition coefficient (Wildman–Crippen LogP) is 2.93. The van der Waals surface area contributed by atoms with Crippen LogP contribution >= 0.6 is 11.8 Å². The number of benzene rings is 1. The molecule has 0 spiro atoms. The number of nitrogens with zero attached hydrogens (tertiary/aromatic N) is 1. The van der Waals surface area contributed by atoms with Crippen LogP contribution in [0.2, 0.25) is 0 Å². The lowest BCUT2D eigenvalue weighted by molar-refractivity contribution is -0.129. The van der Waals surface area contributed by atoms with E-state index in [0.717, 1.165) is 38.0 Å². The van der Waals surface area contributed by atoms with Crippen LogP contribution in [0.4, 0.5) is 5.69 Å². The van der Waals surface area contributed by atoms with Gasteiger partial charge in [0.05, 0.1) is 11.5 Å². The first-order valence-electron chi connectivity index (χ1n) is 7.93. The maximum Gasteiger partial charge on any atom is 0.234 e. The van der Waals surface area contributed by atoms with Gasteiger partial charge in [0, 0.05) is 18.8 Å². The molecule has 1 aromatic carbocycles. The highest BCUT2D eigenvalue weighted by Gasteiger charge is 2.16. The van der Waals surface area contributed by atoms with Crippen LogP contribution in [0.25, 0.3) is 0 Å². The van der Waals surface area contributed by atoms with Gasteiger partial charge in [-0.3, -0.25) is 9.59 Å². The summed E-state index contributed by atoms with van der Waals surface area (Å²) in [5, 5.41) is 2.86. The fourth-order valence-corrected chi connectivity index (χ4v) is 3.20. The van der Waals surface area contributed by atoms with E-state index in [1.165, 1.54) is 23.7 Å². The number of likely N-dealkylation sites (tertiary alicyclic amines) is 1. The Labute approximate surface area is 136 Å². The van der Waals surface area contributed by atoms with E-state index in [1.54, 1.807) is 0 Å². The van der Waals surface area contributed by atoms with Crippen molar-refractivity contribution in [2.75, 3.05) is 29.9 Å². The van der Waals surface area contributed by atoms with E-state index < -0.39 is 0 Å². The number of aryl methyl sites for hydroxylation is 1. The van der Waals surface area contributed by atoms with E-state index in [9.17, 15) is 9.59 Å². The van der Waals surface area contributed by atoms with Gasteiger partial charge >= 0.3 is 0 Å². The molecule has 22 heavy (non-hydrogen) atoms. The molecule has 1 aromatic rings. The first-order chi connectivity index (χ1) is 10.7. The Morgan fingerprint density at radius 3 is 2.41 bits per heavy atom. The molecule has 1 aliphatic heterocycles. The smallest absolute Gasteiger partial charge is 0.234 e. The van der Waals surface area contributed by atoms with Gasteiger partial charge in [-0.1, -0.05) is 19.1 Å². The number of carbonyl (C=O) groups excluding carboxylic acids is 2. The third-order valence-corrected chi connectivity index (χ3v) is 4.73. The summed E-state index contributed by atoms with van der Waals surface area (Å²) >= 11 is 1.39. The zero-order valence-corrected chi connectivity index (χ0v) is 14.0. The highest BCUT2D eigenvalue weighted by Crippen LogP contribution is 2.13. The lowest BCUT2D eigenvalue weighted by Gasteiger charge is -2.26. The van der Waals surface area contributed by atoms with Crippen LogP contribution in [0.3, 0.4) is 0 Å².